The number of rotatable bonds is 5. The van der Waals surface area contributed by atoms with Crippen molar-refractivity contribution in [2.24, 2.45) is 5.73 Å². The molecular weight excluding hydrogens is 200 g/mol. The molecule has 0 saturated carbocycles. The van der Waals surface area contributed by atoms with E-state index in [4.69, 9.17) is 20.7 Å². The van der Waals surface area contributed by atoms with E-state index < -0.39 is 12.4 Å². The van der Waals surface area contributed by atoms with Crippen molar-refractivity contribution in [3.8, 4) is 0 Å². The zero-order valence-corrected chi connectivity index (χ0v) is 8.67. The third-order valence-corrected chi connectivity index (χ3v) is 2.48. The van der Waals surface area contributed by atoms with Crippen LogP contribution < -0.4 is 11.1 Å². The number of nitrogens with one attached hydrogen (secondary N) is 1. The minimum atomic E-state index is -0.895. The van der Waals surface area contributed by atoms with E-state index in [9.17, 15) is 5.11 Å². The first-order valence-electron chi connectivity index (χ1n) is 5.22. The number of hydrogen-bond acceptors (Lipinski definition) is 6. The fourth-order valence-electron chi connectivity index (χ4n) is 1.51. The Balaban J connectivity index is 2.12. The molecule has 1 aliphatic rings. The minimum Gasteiger partial charge on any atom is -0.394 e. The van der Waals surface area contributed by atoms with E-state index in [1.54, 1.807) is 0 Å². The average Bonchev–Trinajstić information content (AvgIpc) is 2.23. The molecule has 1 rings (SSSR count). The zero-order valence-electron chi connectivity index (χ0n) is 8.67. The fraction of sp³-hybridized carbons (Fsp3) is 1.00. The number of nitrogens with two attached hydrogens (primary N) is 1. The molecular formula is C9H20N2O4. The van der Waals surface area contributed by atoms with Crippen molar-refractivity contribution in [2.45, 2.75) is 37.4 Å². The van der Waals surface area contributed by atoms with Crippen molar-refractivity contribution < 1.29 is 20.1 Å². The molecule has 0 amide bonds. The van der Waals surface area contributed by atoms with Crippen LogP contribution in [0.5, 0.6) is 0 Å². The van der Waals surface area contributed by atoms with Gasteiger partial charge >= 0.3 is 0 Å². The maximum absolute atomic E-state index is 9.34. The van der Waals surface area contributed by atoms with Gasteiger partial charge in [-0.25, -0.2) is 0 Å². The van der Waals surface area contributed by atoms with E-state index in [1.165, 1.54) is 0 Å². The first-order valence-corrected chi connectivity index (χ1v) is 5.22. The van der Waals surface area contributed by atoms with Gasteiger partial charge < -0.3 is 31.1 Å². The summed E-state index contributed by atoms with van der Waals surface area (Å²) < 4.78 is 5.24. The summed E-state index contributed by atoms with van der Waals surface area (Å²) in [6.45, 7) is 0.603. The molecule has 0 aromatic rings. The van der Waals surface area contributed by atoms with E-state index in [0.717, 1.165) is 12.8 Å². The van der Waals surface area contributed by atoms with Crippen LogP contribution in [-0.4, -0.2) is 59.6 Å². The number of aliphatic hydroxyl groups is 3. The summed E-state index contributed by atoms with van der Waals surface area (Å²) in [7, 11) is 0. The van der Waals surface area contributed by atoms with Crippen molar-refractivity contribution in [1.29, 1.82) is 0 Å². The molecule has 6 nitrogen and oxygen atoms in total. The van der Waals surface area contributed by atoms with Gasteiger partial charge in [-0.3, -0.25) is 0 Å². The van der Waals surface area contributed by atoms with E-state index in [0.29, 0.717) is 13.1 Å². The summed E-state index contributed by atoms with van der Waals surface area (Å²) in [6.07, 6.45) is -0.198. The van der Waals surface area contributed by atoms with Crippen molar-refractivity contribution in [1.82, 2.24) is 5.32 Å². The third kappa shape index (κ3) is 4.42. The SMILES string of the molecule is NC1CCC(CNCC(O)CO)OC1O. The summed E-state index contributed by atoms with van der Waals surface area (Å²) in [6, 6.07) is -0.302. The Labute approximate surface area is 89.0 Å². The summed E-state index contributed by atoms with van der Waals surface area (Å²) in [4.78, 5) is 0. The topological polar surface area (TPSA) is 108 Å². The smallest absolute Gasteiger partial charge is 0.170 e. The first kappa shape index (κ1) is 12.8. The standard InChI is InChI=1S/C9H20N2O4/c10-8-2-1-7(15-9(8)14)4-11-3-6(13)5-12/h6-9,11-14H,1-5,10H2. The van der Waals surface area contributed by atoms with Crippen molar-refractivity contribution in [3.63, 3.8) is 0 Å². The highest BCUT2D eigenvalue weighted by molar-refractivity contribution is 4.76. The van der Waals surface area contributed by atoms with Gasteiger partial charge in [-0.2, -0.15) is 0 Å². The van der Waals surface area contributed by atoms with Crippen molar-refractivity contribution in [2.75, 3.05) is 19.7 Å². The number of hydrogen-bond donors (Lipinski definition) is 5. The second kappa shape index (κ2) is 6.37. The van der Waals surface area contributed by atoms with Crippen LogP contribution in [0.25, 0.3) is 0 Å². The largest absolute Gasteiger partial charge is 0.394 e. The summed E-state index contributed by atoms with van der Waals surface area (Å²) >= 11 is 0. The molecule has 0 aromatic carbocycles. The molecule has 15 heavy (non-hydrogen) atoms. The van der Waals surface area contributed by atoms with Crippen molar-refractivity contribution >= 4 is 0 Å². The van der Waals surface area contributed by atoms with Gasteiger partial charge in [0.25, 0.3) is 0 Å². The Hall–Kier alpha value is -0.240. The highest BCUT2D eigenvalue weighted by atomic mass is 16.6. The van der Waals surface area contributed by atoms with Gasteiger partial charge in [0, 0.05) is 13.1 Å². The van der Waals surface area contributed by atoms with Gasteiger partial charge in [0.1, 0.15) is 0 Å². The number of aliphatic hydroxyl groups excluding tert-OH is 3. The molecule has 90 valence electrons. The lowest BCUT2D eigenvalue weighted by atomic mass is 10.0. The Morgan fingerprint density at radius 2 is 2.20 bits per heavy atom. The van der Waals surface area contributed by atoms with Gasteiger partial charge in [-0.1, -0.05) is 0 Å². The molecule has 0 bridgehead atoms. The third-order valence-electron chi connectivity index (χ3n) is 2.48. The predicted molar refractivity (Wildman–Crippen MR) is 54.1 cm³/mol. The first-order chi connectivity index (χ1) is 7.13. The van der Waals surface area contributed by atoms with Crippen LogP contribution in [0.4, 0.5) is 0 Å². The number of ether oxygens (including phenoxy) is 1. The molecule has 0 aromatic heterocycles. The van der Waals surface area contributed by atoms with Gasteiger partial charge in [0.15, 0.2) is 6.29 Å². The molecule has 0 spiro atoms. The molecule has 1 fully saturated rings. The minimum absolute atomic E-state index is 0.0781. The van der Waals surface area contributed by atoms with E-state index in [-0.39, 0.29) is 18.8 Å². The van der Waals surface area contributed by atoms with E-state index in [2.05, 4.69) is 5.32 Å². The monoisotopic (exact) mass is 220 g/mol. The lowest BCUT2D eigenvalue weighted by Gasteiger charge is -2.31. The van der Waals surface area contributed by atoms with Crippen LogP contribution >= 0.6 is 0 Å². The summed E-state index contributed by atoms with van der Waals surface area (Å²) in [5, 5.41) is 29.9. The van der Waals surface area contributed by atoms with E-state index in [1.807, 2.05) is 0 Å². The highest BCUT2D eigenvalue weighted by Gasteiger charge is 2.26. The average molecular weight is 220 g/mol. The Bertz CT molecular complexity index is 181. The highest BCUT2D eigenvalue weighted by Crippen LogP contribution is 2.15. The molecule has 6 heteroatoms. The second-order valence-corrected chi connectivity index (χ2v) is 3.88. The molecule has 0 aliphatic carbocycles. The van der Waals surface area contributed by atoms with E-state index >= 15 is 0 Å². The Morgan fingerprint density at radius 1 is 1.47 bits per heavy atom. The molecule has 1 heterocycles. The molecule has 1 saturated heterocycles. The molecule has 4 atom stereocenters. The van der Waals surface area contributed by atoms with Gasteiger partial charge in [-0.15, -0.1) is 0 Å². The van der Waals surface area contributed by atoms with Gasteiger partial charge in [0.2, 0.25) is 0 Å². The molecule has 6 N–H and O–H groups in total. The maximum Gasteiger partial charge on any atom is 0.170 e. The van der Waals surface area contributed by atoms with Crippen LogP contribution in [0, 0.1) is 0 Å². The normalized spacial score (nSPS) is 34.0. The van der Waals surface area contributed by atoms with Gasteiger partial charge in [-0.05, 0) is 12.8 Å². The van der Waals surface area contributed by atoms with Crippen LogP contribution in [0.15, 0.2) is 0 Å². The Kier molecular flexibility index (Phi) is 5.44. The summed E-state index contributed by atoms with van der Waals surface area (Å²) in [5.74, 6) is 0. The lowest BCUT2D eigenvalue weighted by Crippen LogP contribution is -2.47. The van der Waals surface area contributed by atoms with Crippen molar-refractivity contribution in [3.05, 3.63) is 0 Å². The maximum atomic E-state index is 9.34. The molecule has 4 unspecified atom stereocenters. The molecule has 0 radical (unpaired) electrons. The lowest BCUT2D eigenvalue weighted by molar-refractivity contribution is -0.170. The van der Waals surface area contributed by atoms with Crippen LogP contribution in [0.1, 0.15) is 12.8 Å². The fourth-order valence-corrected chi connectivity index (χ4v) is 1.51. The van der Waals surface area contributed by atoms with Crippen LogP contribution in [0.2, 0.25) is 0 Å². The quantitative estimate of drug-likeness (QED) is 0.358. The van der Waals surface area contributed by atoms with Crippen LogP contribution in [0.3, 0.4) is 0 Å². The molecule has 1 aliphatic heterocycles. The van der Waals surface area contributed by atoms with Crippen LogP contribution in [-0.2, 0) is 4.74 Å². The second-order valence-electron chi connectivity index (χ2n) is 3.88. The zero-order chi connectivity index (χ0) is 11.3. The van der Waals surface area contributed by atoms with Gasteiger partial charge in [0.05, 0.1) is 24.9 Å². The Morgan fingerprint density at radius 3 is 2.80 bits per heavy atom. The summed E-state index contributed by atoms with van der Waals surface area (Å²) in [5.41, 5.74) is 5.57. The predicted octanol–water partition coefficient (Wildman–Crippen LogP) is -2.25.